The van der Waals surface area contributed by atoms with E-state index in [-0.39, 0.29) is 5.41 Å². The lowest BCUT2D eigenvalue weighted by atomic mass is 9.88. The van der Waals surface area contributed by atoms with Crippen LogP contribution in [0, 0.1) is 11.3 Å². The Morgan fingerprint density at radius 2 is 2.20 bits per heavy atom. The summed E-state index contributed by atoms with van der Waals surface area (Å²) in [5.74, 6) is 1.64. The topological polar surface area (TPSA) is 20.3 Å². The Hall–Kier alpha value is -0.240. The third-order valence-electron chi connectivity index (χ3n) is 3.55. The number of rotatable bonds is 4. The van der Waals surface area contributed by atoms with Gasteiger partial charge in [0, 0.05) is 24.4 Å². The summed E-state index contributed by atoms with van der Waals surface area (Å²) in [6.45, 7) is 7.97. The number of nitrogens with zero attached hydrogens (tertiary/aromatic N) is 1. The van der Waals surface area contributed by atoms with Crippen LogP contribution in [0.15, 0.2) is 0 Å². The van der Waals surface area contributed by atoms with Crippen LogP contribution in [0.2, 0.25) is 0 Å². The Kier molecular flexibility index (Phi) is 4.45. The number of halogens is 1. The molecular formula is C12H22ClNO. The summed E-state index contributed by atoms with van der Waals surface area (Å²) in [4.78, 5) is 14.2. The molecule has 1 atom stereocenters. The molecule has 1 saturated heterocycles. The smallest absolute Gasteiger partial charge is 0.228 e. The van der Waals surface area contributed by atoms with Crippen LogP contribution in [-0.2, 0) is 4.79 Å². The highest BCUT2D eigenvalue weighted by Crippen LogP contribution is 2.28. The van der Waals surface area contributed by atoms with Gasteiger partial charge in [-0.25, -0.2) is 0 Å². The molecular weight excluding hydrogens is 210 g/mol. The Bertz CT molecular complexity index is 228. The Labute approximate surface area is 98.0 Å². The first-order chi connectivity index (χ1) is 7.01. The first-order valence-corrected chi connectivity index (χ1v) is 6.40. The van der Waals surface area contributed by atoms with Crippen LogP contribution < -0.4 is 0 Å². The molecule has 2 nitrogen and oxygen atoms in total. The summed E-state index contributed by atoms with van der Waals surface area (Å²) in [5.41, 5.74) is -0.199. The van der Waals surface area contributed by atoms with Crippen LogP contribution in [0.4, 0.5) is 0 Å². The van der Waals surface area contributed by atoms with Gasteiger partial charge in [-0.2, -0.15) is 0 Å². The molecule has 1 fully saturated rings. The molecule has 1 aliphatic heterocycles. The van der Waals surface area contributed by atoms with E-state index in [1.807, 2.05) is 18.7 Å². The minimum Gasteiger partial charge on any atom is -0.342 e. The molecule has 0 aromatic carbocycles. The van der Waals surface area contributed by atoms with Crippen molar-refractivity contribution in [2.24, 2.45) is 11.3 Å². The van der Waals surface area contributed by atoms with Crippen LogP contribution >= 0.6 is 11.6 Å². The lowest BCUT2D eigenvalue weighted by molar-refractivity contribution is -0.139. The van der Waals surface area contributed by atoms with Crippen molar-refractivity contribution in [1.29, 1.82) is 0 Å². The lowest BCUT2D eigenvalue weighted by Crippen LogP contribution is -2.39. The number of amides is 1. The summed E-state index contributed by atoms with van der Waals surface area (Å²) in [5, 5.41) is 0. The number of alkyl halides is 1. The molecule has 0 aromatic heterocycles. The van der Waals surface area contributed by atoms with E-state index in [9.17, 15) is 4.79 Å². The highest BCUT2D eigenvalue weighted by Gasteiger charge is 2.34. The Morgan fingerprint density at radius 3 is 2.73 bits per heavy atom. The van der Waals surface area contributed by atoms with Crippen molar-refractivity contribution in [2.45, 2.75) is 40.0 Å². The van der Waals surface area contributed by atoms with Crippen molar-refractivity contribution in [3.63, 3.8) is 0 Å². The summed E-state index contributed by atoms with van der Waals surface area (Å²) >= 11 is 5.72. The maximum atomic E-state index is 12.1. The van der Waals surface area contributed by atoms with E-state index in [1.165, 1.54) is 0 Å². The van der Waals surface area contributed by atoms with Gasteiger partial charge >= 0.3 is 0 Å². The molecule has 3 heteroatoms. The molecule has 0 spiro atoms. The van der Waals surface area contributed by atoms with Gasteiger partial charge in [0.2, 0.25) is 5.91 Å². The van der Waals surface area contributed by atoms with Gasteiger partial charge < -0.3 is 4.90 Å². The SMILES string of the molecule is CCC(C)(C)C(=O)N1CCC(CCCl)C1. The second-order valence-electron chi connectivity index (χ2n) is 5.12. The van der Waals surface area contributed by atoms with E-state index in [4.69, 9.17) is 11.6 Å². The first kappa shape index (κ1) is 12.8. The van der Waals surface area contributed by atoms with Gasteiger partial charge in [0.25, 0.3) is 0 Å². The first-order valence-electron chi connectivity index (χ1n) is 5.86. The van der Waals surface area contributed by atoms with Crippen molar-refractivity contribution in [3.8, 4) is 0 Å². The van der Waals surface area contributed by atoms with Crippen molar-refractivity contribution in [3.05, 3.63) is 0 Å². The summed E-state index contributed by atoms with van der Waals surface area (Å²) in [6.07, 6.45) is 3.07. The molecule has 0 aromatic rings. The molecule has 1 heterocycles. The zero-order chi connectivity index (χ0) is 11.5. The van der Waals surface area contributed by atoms with E-state index < -0.39 is 0 Å². The van der Waals surface area contributed by atoms with Gasteiger partial charge in [-0.05, 0) is 25.2 Å². The number of likely N-dealkylation sites (tertiary alicyclic amines) is 1. The quantitative estimate of drug-likeness (QED) is 0.682. The fourth-order valence-electron chi connectivity index (χ4n) is 1.99. The maximum Gasteiger partial charge on any atom is 0.228 e. The molecule has 0 aliphatic carbocycles. The zero-order valence-electron chi connectivity index (χ0n) is 10.1. The third-order valence-corrected chi connectivity index (χ3v) is 3.77. The molecule has 1 rings (SSSR count). The van der Waals surface area contributed by atoms with Gasteiger partial charge in [-0.3, -0.25) is 4.79 Å². The monoisotopic (exact) mass is 231 g/mol. The highest BCUT2D eigenvalue weighted by atomic mass is 35.5. The largest absolute Gasteiger partial charge is 0.342 e. The van der Waals surface area contributed by atoms with E-state index in [0.717, 1.165) is 32.4 Å². The van der Waals surface area contributed by atoms with E-state index >= 15 is 0 Å². The van der Waals surface area contributed by atoms with Crippen LogP contribution in [0.1, 0.15) is 40.0 Å². The average Bonchev–Trinajstić information content (AvgIpc) is 2.66. The molecule has 1 aliphatic rings. The molecule has 0 bridgehead atoms. The minimum absolute atomic E-state index is 0.199. The normalized spacial score (nSPS) is 22.1. The lowest BCUT2D eigenvalue weighted by Gasteiger charge is -2.28. The van der Waals surface area contributed by atoms with Gasteiger partial charge in [0.05, 0.1) is 0 Å². The molecule has 0 N–H and O–H groups in total. The van der Waals surface area contributed by atoms with Gasteiger partial charge in [-0.15, -0.1) is 11.6 Å². The summed E-state index contributed by atoms with van der Waals surface area (Å²) < 4.78 is 0. The van der Waals surface area contributed by atoms with Crippen LogP contribution in [0.5, 0.6) is 0 Å². The standard InChI is InChI=1S/C12H22ClNO/c1-4-12(2,3)11(15)14-8-6-10(9-14)5-7-13/h10H,4-9H2,1-3H3. The number of hydrogen-bond acceptors (Lipinski definition) is 1. The molecule has 1 unspecified atom stereocenters. The second-order valence-corrected chi connectivity index (χ2v) is 5.50. The summed E-state index contributed by atoms with van der Waals surface area (Å²) in [6, 6.07) is 0. The van der Waals surface area contributed by atoms with Gasteiger partial charge in [0.1, 0.15) is 0 Å². The van der Waals surface area contributed by atoms with E-state index in [1.54, 1.807) is 0 Å². The van der Waals surface area contributed by atoms with Crippen molar-refractivity contribution in [1.82, 2.24) is 4.90 Å². The number of hydrogen-bond donors (Lipinski definition) is 0. The van der Waals surface area contributed by atoms with Crippen LogP contribution in [0.3, 0.4) is 0 Å². The fraction of sp³-hybridized carbons (Fsp3) is 0.917. The van der Waals surface area contributed by atoms with Crippen LogP contribution in [-0.4, -0.2) is 29.8 Å². The van der Waals surface area contributed by atoms with Gasteiger partial charge in [-0.1, -0.05) is 20.8 Å². The zero-order valence-corrected chi connectivity index (χ0v) is 10.8. The minimum atomic E-state index is -0.199. The van der Waals surface area contributed by atoms with Crippen molar-refractivity contribution in [2.75, 3.05) is 19.0 Å². The summed E-state index contributed by atoms with van der Waals surface area (Å²) in [7, 11) is 0. The molecule has 1 amide bonds. The Morgan fingerprint density at radius 1 is 1.53 bits per heavy atom. The van der Waals surface area contributed by atoms with E-state index in [0.29, 0.717) is 17.7 Å². The highest BCUT2D eigenvalue weighted by molar-refractivity contribution is 6.17. The van der Waals surface area contributed by atoms with Crippen molar-refractivity contribution >= 4 is 17.5 Å². The second kappa shape index (κ2) is 5.20. The number of carbonyl (C=O) groups is 1. The van der Waals surface area contributed by atoms with Gasteiger partial charge in [0.15, 0.2) is 0 Å². The van der Waals surface area contributed by atoms with E-state index in [2.05, 4.69) is 6.92 Å². The Balaban J connectivity index is 2.50. The molecule has 88 valence electrons. The predicted octanol–water partition coefficient (Wildman–Crippen LogP) is 2.90. The predicted molar refractivity (Wildman–Crippen MR) is 64.1 cm³/mol. The fourth-order valence-corrected chi connectivity index (χ4v) is 2.29. The van der Waals surface area contributed by atoms with Crippen molar-refractivity contribution < 1.29 is 4.79 Å². The van der Waals surface area contributed by atoms with Crippen LogP contribution in [0.25, 0.3) is 0 Å². The average molecular weight is 232 g/mol. The molecule has 0 saturated carbocycles. The maximum absolute atomic E-state index is 12.1. The molecule has 0 radical (unpaired) electrons. The molecule has 15 heavy (non-hydrogen) atoms. The third kappa shape index (κ3) is 3.10. The number of carbonyl (C=O) groups excluding carboxylic acids is 1.